The number of hydrogen-bond donors (Lipinski definition) is 3. The highest BCUT2D eigenvalue weighted by atomic mass is 19.3. The molecule has 0 unspecified atom stereocenters. The van der Waals surface area contributed by atoms with Gasteiger partial charge in [-0.15, -0.1) is 0 Å². The fraction of sp³-hybridized carbons (Fsp3) is 0.300. The van der Waals surface area contributed by atoms with Gasteiger partial charge < -0.3 is 16.2 Å². The zero-order valence-electron chi connectivity index (χ0n) is 8.71. The number of nitrogens with one attached hydrogen (secondary N) is 1. The topological polar surface area (TPSA) is 75.3 Å². The van der Waals surface area contributed by atoms with E-state index in [0.717, 1.165) is 12.1 Å². The largest absolute Gasteiger partial charge is 0.507 e. The highest BCUT2D eigenvalue weighted by Gasteiger charge is 2.28. The summed E-state index contributed by atoms with van der Waals surface area (Å²) >= 11 is 0. The third kappa shape index (κ3) is 3.35. The van der Waals surface area contributed by atoms with E-state index in [2.05, 4.69) is 0 Å². The second kappa shape index (κ2) is 5.05. The molecule has 0 heterocycles. The molecule has 0 saturated heterocycles. The predicted octanol–water partition coefficient (Wildman–Crippen LogP) is 0.855. The zero-order chi connectivity index (χ0) is 13.1. The first-order chi connectivity index (χ1) is 7.87. The summed E-state index contributed by atoms with van der Waals surface area (Å²) in [5.74, 6) is -5.98. The number of halogens is 3. The number of phenolic OH excluding ortho intramolecular Hbond substituents is 1. The van der Waals surface area contributed by atoms with Gasteiger partial charge in [-0.2, -0.15) is 0 Å². The number of phenols is 1. The van der Waals surface area contributed by atoms with Crippen molar-refractivity contribution in [2.75, 3.05) is 13.1 Å². The van der Waals surface area contributed by atoms with Crippen LogP contribution in [0.2, 0.25) is 0 Å². The molecule has 0 aliphatic heterocycles. The monoisotopic (exact) mass is 248 g/mol. The Morgan fingerprint density at radius 3 is 2.65 bits per heavy atom. The van der Waals surface area contributed by atoms with Gasteiger partial charge in [0.15, 0.2) is 0 Å². The molecule has 7 heteroatoms. The number of nitrogens with two attached hydrogens (primary N) is 1. The van der Waals surface area contributed by atoms with E-state index >= 15 is 0 Å². The number of aromatic hydroxyl groups is 1. The summed E-state index contributed by atoms with van der Waals surface area (Å²) in [4.78, 5) is 11.4. The molecule has 0 saturated carbocycles. The SMILES string of the molecule is NCC(F)(F)CNC(=O)c1c(O)cccc1F. The van der Waals surface area contributed by atoms with E-state index in [1.807, 2.05) is 0 Å². The molecule has 17 heavy (non-hydrogen) atoms. The van der Waals surface area contributed by atoms with Gasteiger partial charge in [0.1, 0.15) is 17.1 Å². The summed E-state index contributed by atoms with van der Waals surface area (Å²) in [7, 11) is 0. The van der Waals surface area contributed by atoms with E-state index in [0.29, 0.717) is 0 Å². The first-order valence-corrected chi connectivity index (χ1v) is 4.71. The molecule has 0 bridgehead atoms. The standard InChI is InChI=1S/C10H11F3N2O2/c11-6-2-1-3-7(16)8(6)9(17)15-5-10(12,13)4-14/h1-3,16H,4-5,14H2,(H,15,17). The van der Waals surface area contributed by atoms with E-state index in [1.165, 1.54) is 6.07 Å². The van der Waals surface area contributed by atoms with Crippen LogP contribution < -0.4 is 11.1 Å². The minimum Gasteiger partial charge on any atom is -0.507 e. The summed E-state index contributed by atoms with van der Waals surface area (Å²) < 4.78 is 38.6. The van der Waals surface area contributed by atoms with Gasteiger partial charge in [-0.05, 0) is 12.1 Å². The molecule has 1 rings (SSSR count). The molecule has 0 spiro atoms. The molecule has 0 radical (unpaired) electrons. The molecule has 1 aromatic rings. The van der Waals surface area contributed by atoms with Crippen LogP contribution in [0, 0.1) is 5.82 Å². The lowest BCUT2D eigenvalue weighted by atomic mass is 10.1. The molecule has 4 N–H and O–H groups in total. The van der Waals surface area contributed by atoms with Gasteiger partial charge in [-0.3, -0.25) is 4.79 Å². The molecule has 0 aliphatic rings. The molecule has 1 aromatic carbocycles. The van der Waals surface area contributed by atoms with Crippen LogP contribution in [0.25, 0.3) is 0 Å². The molecule has 94 valence electrons. The number of carbonyl (C=O) groups is 1. The average molecular weight is 248 g/mol. The van der Waals surface area contributed by atoms with Gasteiger partial charge in [0.25, 0.3) is 11.8 Å². The molecule has 0 aliphatic carbocycles. The van der Waals surface area contributed by atoms with Crippen molar-refractivity contribution in [2.24, 2.45) is 5.73 Å². The Hall–Kier alpha value is -1.76. The predicted molar refractivity (Wildman–Crippen MR) is 54.4 cm³/mol. The van der Waals surface area contributed by atoms with E-state index < -0.39 is 42.0 Å². The average Bonchev–Trinajstić information content (AvgIpc) is 2.26. The van der Waals surface area contributed by atoms with Crippen molar-refractivity contribution in [1.29, 1.82) is 0 Å². The molecule has 0 fully saturated rings. The van der Waals surface area contributed by atoms with Crippen LogP contribution in [-0.2, 0) is 0 Å². The Bertz CT molecular complexity index is 404. The normalized spacial score (nSPS) is 11.3. The van der Waals surface area contributed by atoms with Crippen LogP contribution in [0.1, 0.15) is 10.4 Å². The summed E-state index contributed by atoms with van der Waals surface area (Å²) in [6.45, 7) is -1.95. The Morgan fingerprint density at radius 2 is 2.12 bits per heavy atom. The second-order valence-corrected chi connectivity index (χ2v) is 3.38. The molecule has 0 atom stereocenters. The lowest BCUT2D eigenvalue weighted by molar-refractivity contribution is 0.0118. The fourth-order valence-corrected chi connectivity index (χ4v) is 1.11. The minimum absolute atomic E-state index is 0.612. The number of hydrogen-bond acceptors (Lipinski definition) is 3. The van der Waals surface area contributed by atoms with Crippen LogP contribution >= 0.6 is 0 Å². The Morgan fingerprint density at radius 1 is 1.47 bits per heavy atom. The summed E-state index contributed by atoms with van der Waals surface area (Å²) in [6.07, 6.45) is 0. The maximum Gasteiger partial charge on any atom is 0.277 e. The van der Waals surface area contributed by atoms with Crippen LogP contribution in [0.5, 0.6) is 5.75 Å². The smallest absolute Gasteiger partial charge is 0.277 e. The van der Waals surface area contributed by atoms with E-state index in [4.69, 9.17) is 5.73 Å². The number of benzene rings is 1. The van der Waals surface area contributed by atoms with Crippen molar-refractivity contribution in [3.8, 4) is 5.75 Å². The Kier molecular flexibility index (Phi) is 3.95. The lowest BCUT2D eigenvalue weighted by Gasteiger charge is -2.15. The minimum atomic E-state index is -3.27. The molecule has 1 amide bonds. The van der Waals surface area contributed by atoms with Crippen molar-refractivity contribution in [3.05, 3.63) is 29.6 Å². The number of rotatable bonds is 4. The van der Waals surface area contributed by atoms with Crippen LogP contribution in [-0.4, -0.2) is 30.0 Å². The molecule has 0 aromatic heterocycles. The van der Waals surface area contributed by atoms with E-state index in [1.54, 1.807) is 5.32 Å². The Labute approximate surface area is 95.2 Å². The van der Waals surface area contributed by atoms with E-state index in [9.17, 15) is 23.1 Å². The van der Waals surface area contributed by atoms with Gasteiger partial charge in [0.2, 0.25) is 0 Å². The maximum absolute atomic E-state index is 13.2. The summed E-state index contributed by atoms with van der Waals surface area (Å²) in [5, 5.41) is 11.0. The first-order valence-electron chi connectivity index (χ1n) is 4.71. The second-order valence-electron chi connectivity index (χ2n) is 3.38. The lowest BCUT2D eigenvalue weighted by Crippen LogP contribution is -2.41. The highest BCUT2D eigenvalue weighted by Crippen LogP contribution is 2.19. The molecular weight excluding hydrogens is 237 g/mol. The molecular formula is C10H11F3N2O2. The zero-order valence-corrected chi connectivity index (χ0v) is 8.71. The third-order valence-electron chi connectivity index (χ3n) is 2.02. The fourth-order valence-electron chi connectivity index (χ4n) is 1.11. The number of amides is 1. The van der Waals surface area contributed by atoms with Crippen molar-refractivity contribution < 1.29 is 23.1 Å². The van der Waals surface area contributed by atoms with Crippen LogP contribution in [0.3, 0.4) is 0 Å². The van der Waals surface area contributed by atoms with Crippen molar-refractivity contribution >= 4 is 5.91 Å². The van der Waals surface area contributed by atoms with Crippen LogP contribution in [0.4, 0.5) is 13.2 Å². The van der Waals surface area contributed by atoms with Crippen molar-refractivity contribution in [2.45, 2.75) is 5.92 Å². The number of carbonyl (C=O) groups excluding carboxylic acids is 1. The van der Waals surface area contributed by atoms with Gasteiger partial charge >= 0.3 is 0 Å². The van der Waals surface area contributed by atoms with Gasteiger partial charge in [0, 0.05) is 0 Å². The Balaban J connectivity index is 2.78. The quantitative estimate of drug-likeness (QED) is 0.739. The molecule has 4 nitrogen and oxygen atoms in total. The van der Waals surface area contributed by atoms with Crippen molar-refractivity contribution in [1.82, 2.24) is 5.32 Å². The highest BCUT2D eigenvalue weighted by molar-refractivity contribution is 5.97. The van der Waals surface area contributed by atoms with Gasteiger partial charge in [-0.1, -0.05) is 6.07 Å². The third-order valence-corrected chi connectivity index (χ3v) is 2.02. The van der Waals surface area contributed by atoms with E-state index in [-0.39, 0.29) is 0 Å². The maximum atomic E-state index is 13.2. The van der Waals surface area contributed by atoms with Crippen LogP contribution in [0.15, 0.2) is 18.2 Å². The number of alkyl halides is 2. The first kappa shape index (κ1) is 13.3. The van der Waals surface area contributed by atoms with Crippen molar-refractivity contribution in [3.63, 3.8) is 0 Å². The van der Waals surface area contributed by atoms with Gasteiger partial charge in [0.05, 0.1) is 13.1 Å². The summed E-state index contributed by atoms with van der Waals surface area (Å²) in [5.41, 5.74) is 4.10. The van der Waals surface area contributed by atoms with Gasteiger partial charge in [-0.25, -0.2) is 13.2 Å². The summed E-state index contributed by atoms with van der Waals surface area (Å²) in [6, 6.07) is 3.21.